The number of nitrogens with zero attached hydrogens (tertiary/aromatic N) is 1. The zero-order valence-corrected chi connectivity index (χ0v) is 12.1. The first-order valence-electron chi connectivity index (χ1n) is 5.27. The van der Waals surface area contributed by atoms with Crippen LogP contribution in [0.25, 0.3) is 0 Å². The molecule has 5 heteroatoms. The Kier molecular flexibility index (Phi) is 3.93. The number of hydrogen-bond acceptors (Lipinski definition) is 3. The average Bonchev–Trinajstić information content (AvgIpc) is 2.34. The maximum atomic E-state index is 5.71. The van der Waals surface area contributed by atoms with Crippen LogP contribution in [0.5, 0.6) is 11.6 Å². The molecule has 18 heavy (non-hydrogen) atoms. The number of ether oxygens (including phenoxy) is 1. The molecule has 2 aromatic rings. The molecule has 1 aromatic heterocycles. The van der Waals surface area contributed by atoms with Gasteiger partial charge in [-0.15, -0.1) is 0 Å². The molecule has 92 valence electrons. The van der Waals surface area contributed by atoms with E-state index in [0.29, 0.717) is 17.2 Å². The van der Waals surface area contributed by atoms with E-state index in [1.165, 1.54) is 0 Å². The molecule has 0 atom stereocenters. The standard InChI is InChI=1S/C13H11BrN2OS/c1-8-7-9(4-5-11(8)14)17-13-10(12(15)18)3-2-6-16-13/h2-7H,1H3,(H2,15,18). The topological polar surface area (TPSA) is 48.1 Å². The van der Waals surface area contributed by atoms with E-state index in [2.05, 4.69) is 20.9 Å². The van der Waals surface area contributed by atoms with Gasteiger partial charge >= 0.3 is 0 Å². The molecule has 1 aromatic carbocycles. The Hall–Kier alpha value is -1.46. The maximum Gasteiger partial charge on any atom is 0.229 e. The predicted molar refractivity (Wildman–Crippen MR) is 79.1 cm³/mol. The van der Waals surface area contributed by atoms with E-state index in [-0.39, 0.29) is 4.99 Å². The highest BCUT2D eigenvalue weighted by Crippen LogP contribution is 2.26. The number of thiocarbonyl (C=S) groups is 1. The third kappa shape index (κ3) is 2.86. The van der Waals surface area contributed by atoms with Crippen molar-refractivity contribution >= 4 is 33.1 Å². The molecular weight excluding hydrogens is 312 g/mol. The van der Waals surface area contributed by atoms with E-state index >= 15 is 0 Å². The van der Waals surface area contributed by atoms with Crippen LogP contribution in [0.2, 0.25) is 0 Å². The van der Waals surface area contributed by atoms with Crippen LogP contribution in [0, 0.1) is 6.92 Å². The molecule has 0 aliphatic rings. The van der Waals surface area contributed by atoms with E-state index < -0.39 is 0 Å². The molecule has 0 aliphatic carbocycles. The molecule has 1 heterocycles. The van der Waals surface area contributed by atoms with E-state index in [1.807, 2.05) is 25.1 Å². The summed E-state index contributed by atoms with van der Waals surface area (Å²) in [7, 11) is 0. The highest BCUT2D eigenvalue weighted by Gasteiger charge is 2.08. The monoisotopic (exact) mass is 322 g/mol. The van der Waals surface area contributed by atoms with Crippen LogP contribution >= 0.6 is 28.1 Å². The van der Waals surface area contributed by atoms with Crippen LogP contribution in [-0.2, 0) is 0 Å². The quantitative estimate of drug-likeness (QED) is 0.877. The molecule has 2 N–H and O–H groups in total. The minimum Gasteiger partial charge on any atom is -0.438 e. The van der Waals surface area contributed by atoms with Gasteiger partial charge in [0.25, 0.3) is 0 Å². The Morgan fingerprint density at radius 2 is 2.17 bits per heavy atom. The first kappa shape index (κ1) is 13.0. The van der Waals surface area contributed by atoms with Gasteiger partial charge in [-0.3, -0.25) is 0 Å². The average molecular weight is 323 g/mol. The fraction of sp³-hybridized carbons (Fsp3) is 0.0769. The van der Waals surface area contributed by atoms with Gasteiger partial charge in [-0.05, 0) is 42.8 Å². The second-order valence-corrected chi connectivity index (χ2v) is 5.03. The van der Waals surface area contributed by atoms with Crippen molar-refractivity contribution in [3.8, 4) is 11.6 Å². The van der Waals surface area contributed by atoms with E-state index in [4.69, 9.17) is 22.7 Å². The Morgan fingerprint density at radius 3 is 2.83 bits per heavy atom. The lowest BCUT2D eigenvalue weighted by atomic mass is 10.2. The van der Waals surface area contributed by atoms with Crippen molar-refractivity contribution in [2.45, 2.75) is 6.92 Å². The van der Waals surface area contributed by atoms with Gasteiger partial charge < -0.3 is 10.5 Å². The molecule has 0 aliphatic heterocycles. The minimum atomic E-state index is 0.270. The van der Waals surface area contributed by atoms with Gasteiger partial charge in [-0.1, -0.05) is 28.1 Å². The Bertz CT molecular complexity index is 601. The van der Waals surface area contributed by atoms with E-state index in [1.54, 1.807) is 18.3 Å². The second kappa shape index (κ2) is 5.46. The van der Waals surface area contributed by atoms with Crippen molar-refractivity contribution in [2.24, 2.45) is 5.73 Å². The van der Waals surface area contributed by atoms with Gasteiger partial charge in [-0.25, -0.2) is 4.98 Å². The summed E-state index contributed by atoms with van der Waals surface area (Å²) in [6.45, 7) is 1.99. The smallest absolute Gasteiger partial charge is 0.229 e. The molecule has 0 amide bonds. The Morgan fingerprint density at radius 1 is 1.39 bits per heavy atom. The van der Waals surface area contributed by atoms with Crippen LogP contribution in [0.3, 0.4) is 0 Å². The lowest BCUT2D eigenvalue weighted by molar-refractivity contribution is 0.461. The molecule has 2 rings (SSSR count). The summed E-state index contributed by atoms with van der Waals surface area (Å²) in [4.78, 5) is 4.42. The van der Waals surface area contributed by atoms with Gasteiger partial charge in [-0.2, -0.15) is 0 Å². The summed E-state index contributed by atoms with van der Waals surface area (Å²) >= 11 is 8.40. The summed E-state index contributed by atoms with van der Waals surface area (Å²) in [6.07, 6.45) is 1.64. The number of aryl methyl sites for hydroxylation is 1. The third-order valence-corrected chi connectivity index (χ3v) is 3.49. The number of rotatable bonds is 3. The largest absolute Gasteiger partial charge is 0.438 e. The van der Waals surface area contributed by atoms with Crippen molar-refractivity contribution < 1.29 is 4.74 Å². The molecule has 0 radical (unpaired) electrons. The maximum absolute atomic E-state index is 5.71. The highest BCUT2D eigenvalue weighted by molar-refractivity contribution is 9.10. The van der Waals surface area contributed by atoms with Crippen molar-refractivity contribution in [3.05, 3.63) is 52.1 Å². The number of pyridine rings is 1. The second-order valence-electron chi connectivity index (χ2n) is 3.73. The molecular formula is C13H11BrN2OS. The van der Waals surface area contributed by atoms with Gasteiger partial charge in [0.2, 0.25) is 5.88 Å². The van der Waals surface area contributed by atoms with Crippen LogP contribution < -0.4 is 10.5 Å². The zero-order chi connectivity index (χ0) is 13.1. The normalized spacial score (nSPS) is 10.1. The van der Waals surface area contributed by atoms with Crippen LogP contribution in [0.4, 0.5) is 0 Å². The molecule has 0 unspecified atom stereocenters. The molecule has 0 bridgehead atoms. The lowest BCUT2D eigenvalue weighted by Crippen LogP contribution is -2.11. The summed E-state index contributed by atoms with van der Waals surface area (Å²) in [5.74, 6) is 1.12. The zero-order valence-electron chi connectivity index (χ0n) is 9.68. The first-order valence-corrected chi connectivity index (χ1v) is 6.47. The summed E-state index contributed by atoms with van der Waals surface area (Å²) in [5.41, 5.74) is 7.34. The number of halogens is 1. The van der Waals surface area contributed by atoms with Gasteiger partial charge in [0, 0.05) is 10.7 Å². The fourth-order valence-corrected chi connectivity index (χ4v) is 1.85. The number of nitrogens with two attached hydrogens (primary N) is 1. The Labute approximate surface area is 119 Å². The summed E-state index contributed by atoms with van der Waals surface area (Å²) < 4.78 is 6.74. The molecule has 0 spiro atoms. The molecule has 0 saturated carbocycles. The van der Waals surface area contributed by atoms with Crippen LogP contribution in [-0.4, -0.2) is 9.97 Å². The summed E-state index contributed by atoms with van der Waals surface area (Å²) in [6, 6.07) is 9.26. The SMILES string of the molecule is Cc1cc(Oc2ncccc2C(N)=S)ccc1Br. The highest BCUT2D eigenvalue weighted by atomic mass is 79.9. The van der Waals surface area contributed by atoms with Crippen LogP contribution in [0.15, 0.2) is 41.0 Å². The summed E-state index contributed by atoms with van der Waals surface area (Å²) in [5, 5.41) is 0. The van der Waals surface area contributed by atoms with Crippen molar-refractivity contribution in [1.29, 1.82) is 0 Å². The number of hydrogen-bond donors (Lipinski definition) is 1. The van der Waals surface area contributed by atoms with E-state index in [0.717, 1.165) is 10.0 Å². The molecule has 0 saturated heterocycles. The lowest BCUT2D eigenvalue weighted by Gasteiger charge is -2.09. The van der Waals surface area contributed by atoms with Gasteiger partial charge in [0.1, 0.15) is 10.7 Å². The number of benzene rings is 1. The minimum absolute atomic E-state index is 0.270. The van der Waals surface area contributed by atoms with Gasteiger partial charge in [0.05, 0.1) is 5.56 Å². The number of aromatic nitrogens is 1. The van der Waals surface area contributed by atoms with Gasteiger partial charge in [0.15, 0.2) is 0 Å². The Balaban J connectivity index is 2.34. The predicted octanol–water partition coefficient (Wildman–Crippen LogP) is 3.58. The van der Waals surface area contributed by atoms with Crippen molar-refractivity contribution in [3.63, 3.8) is 0 Å². The van der Waals surface area contributed by atoms with E-state index in [9.17, 15) is 0 Å². The van der Waals surface area contributed by atoms with Crippen molar-refractivity contribution in [1.82, 2.24) is 4.98 Å². The molecule has 3 nitrogen and oxygen atoms in total. The molecule has 0 fully saturated rings. The third-order valence-electron chi connectivity index (χ3n) is 2.38. The van der Waals surface area contributed by atoms with Crippen LogP contribution in [0.1, 0.15) is 11.1 Å². The fourth-order valence-electron chi connectivity index (χ4n) is 1.45. The first-order chi connectivity index (χ1) is 8.58. The van der Waals surface area contributed by atoms with Crippen molar-refractivity contribution in [2.75, 3.05) is 0 Å².